The minimum absolute atomic E-state index is 0.174. The summed E-state index contributed by atoms with van der Waals surface area (Å²) in [5.41, 5.74) is 2.35. The van der Waals surface area contributed by atoms with Crippen molar-refractivity contribution >= 4 is 46.6 Å². The zero-order valence-corrected chi connectivity index (χ0v) is 23.7. The van der Waals surface area contributed by atoms with Gasteiger partial charge in [-0.25, -0.2) is 9.98 Å². The second-order valence-corrected chi connectivity index (χ2v) is 9.67. The van der Waals surface area contributed by atoms with Gasteiger partial charge in [-0.15, -0.1) is 0 Å². The van der Waals surface area contributed by atoms with Gasteiger partial charge in [0.2, 0.25) is 17.7 Å². The summed E-state index contributed by atoms with van der Waals surface area (Å²) < 4.78 is 7.97. The van der Waals surface area contributed by atoms with Crippen molar-refractivity contribution in [3.05, 3.63) is 83.5 Å². The third-order valence-electron chi connectivity index (χ3n) is 6.47. The number of allylic oxidation sites excluding steroid dienone is 3. The maximum Gasteiger partial charge on any atom is 0.258 e. The molecule has 0 bridgehead atoms. The third-order valence-corrected chi connectivity index (χ3v) is 6.84. The van der Waals surface area contributed by atoms with Crippen LogP contribution in [0.2, 0.25) is 5.02 Å². The Labute approximate surface area is 238 Å². The molecule has 40 heavy (non-hydrogen) atoms. The molecule has 3 heterocycles. The lowest BCUT2D eigenvalue weighted by Gasteiger charge is -2.28. The van der Waals surface area contributed by atoms with E-state index < -0.39 is 0 Å². The minimum Gasteiger partial charge on any atom is -0.437 e. The van der Waals surface area contributed by atoms with Gasteiger partial charge in [0.25, 0.3) is 5.91 Å². The Morgan fingerprint density at radius 2 is 2.12 bits per heavy atom. The molecule has 0 aliphatic carbocycles. The number of benzene rings is 1. The van der Waals surface area contributed by atoms with Gasteiger partial charge in [-0.3, -0.25) is 19.9 Å². The number of aryl methyl sites for hydroxylation is 1. The smallest absolute Gasteiger partial charge is 0.258 e. The van der Waals surface area contributed by atoms with Crippen LogP contribution in [0.1, 0.15) is 55.2 Å². The number of hydrogen-bond acceptors (Lipinski definition) is 6. The Balaban J connectivity index is 1.84. The highest BCUT2D eigenvalue weighted by atomic mass is 35.5. The zero-order valence-electron chi connectivity index (χ0n) is 22.9. The summed E-state index contributed by atoms with van der Waals surface area (Å²) >= 11 is 7.00. The van der Waals surface area contributed by atoms with E-state index in [9.17, 15) is 9.59 Å². The van der Waals surface area contributed by atoms with E-state index in [1.165, 1.54) is 6.08 Å². The van der Waals surface area contributed by atoms with E-state index in [2.05, 4.69) is 28.8 Å². The van der Waals surface area contributed by atoms with Crippen molar-refractivity contribution in [3.63, 3.8) is 0 Å². The van der Waals surface area contributed by atoms with Crippen molar-refractivity contribution in [2.75, 3.05) is 18.4 Å². The first-order chi connectivity index (χ1) is 19.4. The van der Waals surface area contributed by atoms with Crippen LogP contribution in [0.3, 0.4) is 0 Å². The highest BCUT2D eigenvalue weighted by Crippen LogP contribution is 2.38. The molecule has 9 nitrogen and oxygen atoms in total. The third kappa shape index (κ3) is 6.48. The number of ether oxygens (including phenoxy) is 1. The molecule has 208 valence electrons. The van der Waals surface area contributed by atoms with E-state index in [4.69, 9.17) is 21.3 Å². The Morgan fingerprint density at radius 1 is 1.30 bits per heavy atom. The van der Waals surface area contributed by atoms with Gasteiger partial charge >= 0.3 is 0 Å². The molecule has 1 aliphatic rings. The number of aliphatic imine (C=N–C) groups is 1. The SMILES string of the molecule is C=CC(=O)N(CC)CC(CCC)n1c(NC(=O)c2ccnc(C)c2)nc2ccc(OC3=CC=CCC=N3)c(Cl)c21. The number of nitrogens with one attached hydrogen (secondary N) is 1. The predicted molar refractivity (Wildman–Crippen MR) is 159 cm³/mol. The molecule has 0 saturated heterocycles. The zero-order chi connectivity index (χ0) is 28.6. The van der Waals surface area contributed by atoms with E-state index in [0.717, 1.165) is 12.1 Å². The molecular weight excluding hydrogens is 528 g/mol. The molecule has 0 radical (unpaired) electrons. The molecule has 1 aromatic carbocycles. The number of hydrogen-bond donors (Lipinski definition) is 1. The largest absolute Gasteiger partial charge is 0.437 e. The first kappa shape index (κ1) is 28.8. The van der Waals surface area contributed by atoms with Gasteiger partial charge in [0.1, 0.15) is 10.8 Å². The molecule has 10 heteroatoms. The number of nitrogens with zero attached hydrogens (tertiary/aromatic N) is 5. The number of halogens is 1. The number of imidazole rings is 1. The summed E-state index contributed by atoms with van der Waals surface area (Å²) in [5.74, 6) is 0.628. The topological polar surface area (TPSA) is 102 Å². The van der Waals surface area contributed by atoms with E-state index in [-0.39, 0.29) is 17.9 Å². The van der Waals surface area contributed by atoms with Crippen LogP contribution < -0.4 is 10.1 Å². The molecular formula is C30H33ClN6O3. The molecule has 0 fully saturated rings. The summed E-state index contributed by atoms with van der Waals surface area (Å²) in [5, 5.41) is 3.30. The second kappa shape index (κ2) is 13.2. The van der Waals surface area contributed by atoms with Crippen molar-refractivity contribution in [2.24, 2.45) is 4.99 Å². The molecule has 3 aromatic rings. The lowest BCUT2D eigenvalue weighted by atomic mass is 10.1. The van der Waals surface area contributed by atoms with Gasteiger partial charge in [-0.05, 0) is 50.6 Å². The second-order valence-electron chi connectivity index (χ2n) is 9.30. The van der Waals surface area contributed by atoms with Crippen molar-refractivity contribution in [1.29, 1.82) is 0 Å². The van der Waals surface area contributed by atoms with Crippen LogP contribution in [0, 0.1) is 6.92 Å². The van der Waals surface area contributed by atoms with Crippen molar-refractivity contribution in [3.8, 4) is 5.75 Å². The van der Waals surface area contributed by atoms with Gasteiger partial charge in [0, 0.05) is 49.3 Å². The first-order valence-corrected chi connectivity index (χ1v) is 13.7. The standard InChI is InChI=1S/C30H33ClN6O3/c1-5-11-22(19-36(7-3)26(38)6-2)37-28-23(34-30(37)35-29(39)21-15-17-32-20(4)18-21)13-14-24(27(28)31)40-25-12-9-8-10-16-33-25/h6,8-9,12-18,22H,2,5,7,10-11,19H2,1,3-4H3,(H,34,35,39). The van der Waals surface area contributed by atoms with Gasteiger partial charge < -0.3 is 14.2 Å². The quantitative estimate of drug-likeness (QED) is 0.278. The van der Waals surface area contributed by atoms with Crippen LogP contribution >= 0.6 is 11.6 Å². The molecule has 4 rings (SSSR count). The van der Waals surface area contributed by atoms with Crippen LogP contribution in [-0.4, -0.2) is 50.6 Å². The molecule has 0 saturated carbocycles. The fraction of sp³-hybridized carbons (Fsp3) is 0.300. The highest BCUT2D eigenvalue weighted by Gasteiger charge is 2.26. The van der Waals surface area contributed by atoms with Crippen molar-refractivity contribution < 1.29 is 14.3 Å². The van der Waals surface area contributed by atoms with E-state index in [1.54, 1.807) is 47.7 Å². The Kier molecular flexibility index (Phi) is 9.50. The number of likely N-dealkylation sites (N-methyl/N-ethyl adjacent to an activating group) is 1. The molecule has 0 spiro atoms. The number of pyridine rings is 1. The number of amides is 2. The number of fused-ring (bicyclic) bond motifs is 1. The minimum atomic E-state index is -0.329. The summed E-state index contributed by atoms with van der Waals surface area (Å²) in [6.07, 6.45) is 12.5. The van der Waals surface area contributed by atoms with Gasteiger partial charge in [-0.1, -0.05) is 43.7 Å². The summed E-state index contributed by atoms with van der Waals surface area (Å²) in [4.78, 5) is 40.9. The van der Waals surface area contributed by atoms with Gasteiger partial charge in [0.15, 0.2) is 0 Å². The maximum absolute atomic E-state index is 13.3. The number of carbonyl (C=O) groups is 2. The first-order valence-electron chi connectivity index (χ1n) is 13.3. The predicted octanol–water partition coefficient (Wildman–Crippen LogP) is 6.27. The number of aromatic nitrogens is 3. The Hall–Kier alpha value is -4.24. The number of carbonyl (C=O) groups excluding carboxylic acids is 2. The van der Waals surface area contributed by atoms with E-state index in [0.29, 0.717) is 65.1 Å². The average molecular weight is 561 g/mol. The monoisotopic (exact) mass is 560 g/mol. The molecule has 2 amide bonds. The number of anilines is 1. The molecule has 1 aliphatic heterocycles. The lowest BCUT2D eigenvalue weighted by molar-refractivity contribution is -0.126. The number of rotatable bonds is 11. The van der Waals surface area contributed by atoms with Crippen LogP contribution in [0.15, 0.2) is 72.2 Å². The van der Waals surface area contributed by atoms with Gasteiger partial charge in [-0.2, -0.15) is 0 Å². The van der Waals surface area contributed by atoms with Crippen LogP contribution in [0.5, 0.6) is 5.75 Å². The van der Waals surface area contributed by atoms with Crippen LogP contribution in [-0.2, 0) is 4.79 Å². The lowest BCUT2D eigenvalue weighted by Crippen LogP contribution is -2.35. The normalized spacial score (nSPS) is 13.4. The van der Waals surface area contributed by atoms with Crippen LogP contribution in [0.4, 0.5) is 5.95 Å². The summed E-state index contributed by atoms with van der Waals surface area (Å²) in [6, 6.07) is 6.64. The molecule has 2 aromatic heterocycles. The summed E-state index contributed by atoms with van der Waals surface area (Å²) in [6.45, 7) is 10.3. The fourth-order valence-electron chi connectivity index (χ4n) is 4.55. The Morgan fingerprint density at radius 3 is 2.85 bits per heavy atom. The average Bonchev–Trinajstić information content (AvgIpc) is 3.11. The highest BCUT2D eigenvalue weighted by molar-refractivity contribution is 6.36. The summed E-state index contributed by atoms with van der Waals surface area (Å²) in [7, 11) is 0. The Bertz CT molecular complexity index is 1510. The molecule has 1 unspecified atom stereocenters. The van der Waals surface area contributed by atoms with Crippen LogP contribution in [0.25, 0.3) is 11.0 Å². The van der Waals surface area contributed by atoms with E-state index in [1.807, 2.05) is 30.6 Å². The van der Waals surface area contributed by atoms with Crippen molar-refractivity contribution in [2.45, 2.75) is 46.1 Å². The maximum atomic E-state index is 13.3. The van der Waals surface area contributed by atoms with Gasteiger partial charge in [0.05, 0.1) is 17.1 Å². The molecule has 1 atom stereocenters. The molecule has 1 N–H and O–H groups in total. The fourth-order valence-corrected chi connectivity index (χ4v) is 4.84. The van der Waals surface area contributed by atoms with Crippen molar-refractivity contribution in [1.82, 2.24) is 19.4 Å². The van der Waals surface area contributed by atoms with E-state index >= 15 is 0 Å².